The largest absolute Gasteiger partial charge is 0.387 e. The summed E-state index contributed by atoms with van der Waals surface area (Å²) in [6.07, 6.45) is 8.88. The van der Waals surface area contributed by atoms with E-state index in [4.69, 9.17) is 5.73 Å². The van der Waals surface area contributed by atoms with Crippen molar-refractivity contribution < 1.29 is 0 Å². The lowest BCUT2D eigenvalue weighted by molar-refractivity contribution is 0.436. The molecule has 1 aliphatic rings. The molecule has 2 N–H and O–H groups in total. The normalized spacial score (nSPS) is 18.5. The molecule has 1 heterocycles. The summed E-state index contributed by atoms with van der Waals surface area (Å²) in [6.45, 7) is 0.717. The van der Waals surface area contributed by atoms with Gasteiger partial charge in [-0.3, -0.25) is 4.99 Å². The summed E-state index contributed by atoms with van der Waals surface area (Å²) < 4.78 is 1.92. The third-order valence-corrected chi connectivity index (χ3v) is 3.46. The monoisotopic (exact) mass is 235 g/mol. The molecule has 1 aromatic rings. The fraction of sp³-hybridized carbons (Fsp3) is 0.750. The van der Waals surface area contributed by atoms with Crippen molar-refractivity contribution in [3.05, 3.63) is 12.2 Å². The van der Waals surface area contributed by atoms with Crippen LogP contribution < -0.4 is 5.73 Å². The Bertz CT molecular complexity index is 376. The zero-order valence-corrected chi connectivity index (χ0v) is 10.5. The molecule has 94 valence electrons. The van der Waals surface area contributed by atoms with Gasteiger partial charge in [0.1, 0.15) is 12.2 Å². The molecule has 17 heavy (non-hydrogen) atoms. The van der Waals surface area contributed by atoms with Crippen molar-refractivity contribution in [1.82, 2.24) is 14.8 Å². The fourth-order valence-corrected chi connectivity index (χ4v) is 2.35. The Hall–Kier alpha value is -1.39. The molecule has 0 radical (unpaired) electrons. The Morgan fingerprint density at radius 1 is 1.47 bits per heavy atom. The number of nitrogens with zero attached hydrogens (tertiary/aromatic N) is 4. The molecule has 1 aromatic heterocycles. The van der Waals surface area contributed by atoms with Crippen molar-refractivity contribution in [1.29, 1.82) is 0 Å². The van der Waals surface area contributed by atoms with Gasteiger partial charge in [0.2, 0.25) is 0 Å². The second-order valence-electron chi connectivity index (χ2n) is 4.75. The smallest absolute Gasteiger partial charge is 0.134 e. The second-order valence-corrected chi connectivity index (χ2v) is 4.75. The van der Waals surface area contributed by atoms with Crippen LogP contribution >= 0.6 is 0 Å². The predicted molar refractivity (Wildman–Crippen MR) is 67.8 cm³/mol. The van der Waals surface area contributed by atoms with Gasteiger partial charge in [-0.05, 0) is 12.8 Å². The van der Waals surface area contributed by atoms with Gasteiger partial charge in [-0.15, -0.1) is 10.2 Å². The number of amidine groups is 1. The van der Waals surface area contributed by atoms with Gasteiger partial charge in [0.25, 0.3) is 0 Å². The lowest BCUT2D eigenvalue weighted by Gasteiger charge is -2.20. The molecule has 0 bridgehead atoms. The van der Waals surface area contributed by atoms with Crippen LogP contribution in [-0.2, 0) is 13.5 Å². The molecule has 0 atom stereocenters. The maximum absolute atomic E-state index is 6.03. The van der Waals surface area contributed by atoms with Crippen molar-refractivity contribution >= 4 is 5.84 Å². The van der Waals surface area contributed by atoms with Crippen LogP contribution in [-0.4, -0.2) is 27.1 Å². The van der Waals surface area contributed by atoms with Gasteiger partial charge in [0.05, 0.1) is 5.84 Å². The first-order chi connectivity index (χ1) is 8.27. The summed E-state index contributed by atoms with van der Waals surface area (Å²) in [6, 6.07) is 0. The Morgan fingerprint density at radius 2 is 2.24 bits per heavy atom. The van der Waals surface area contributed by atoms with Crippen LogP contribution in [0.15, 0.2) is 11.3 Å². The van der Waals surface area contributed by atoms with E-state index >= 15 is 0 Å². The van der Waals surface area contributed by atoms with E-state index in [2.05, 4.69) is 15.2 Å². The molecule has 0 amide bonds. The van der Waals surface area contributed by atoms with Crippen LogP contribution in [0.4, 0.5) is 0 Å². The van der Waals surface area contributed by atoms with Gasteiger partial charge in [0, 0.05) is 25.9 Å². The first-order valence-electron chi connectivity index (χ1n) is 6.40. The highest BCUT2D eigenvalue weighted by atomic mass is 15.2. The van der Waals surface area contributed by atoms with E-state index in [1.54, 1.807) is 6.33 Å². The van der Waals surface area contributed by atoms with E-state index in [0.29, 0.717) is 5.92 Å². The zero-order chi connectivity index (χ0) is 12.1. The fourth-order valence-electron chi connectivity index (χ4n) is 2.35. The van der Waals surface area contributed by atoms with Crippen LogP contribution in [0.3, 0.4) is 0 Å². The summed E-state index contributed by atoms with van der Waals surface area (Å²) in [5, 5.41) is 7.87. The standard InChI is InChI=1S/C12H21N5/c1-17-9-15-16-11(17)7-8-14-12(13)10-5-3-2-4-6-10/h9-10H,2-8H2,1H3,(H2,13,14). The van der Waals surface area contributed by atoms with Crippen molar-refractivity contribution in [2.75, 3.05) is 6.54 Å². The third kappa shape index (κ3) is 3.28. The molecule has 2 rings (SSSR count). The third-order valence-electron chi connectivity index (χ3n) is 3.46. The average molecular weight is 235 g/mol. The van der Waals surface area contributed by atoms with Crippen LogP contribution in [0.25, 0.3) is 0 Å². The molecule has 1 aliphatic carbocycles. The summed E-state index contributed by atoms with van der Waals surface area (Å²) in [7, 11) is 1.95. The predicted octanol–water partition coefficient (Wildman–Crippen LogP) is 1.30. The lowest BCUT2D eigenvalue weighted by Crippen LogP contribution is -2.26. The van der Waals surface area contributed by atoms with Crippen molar-refractivity contribution in [2.24, 2.45) is 23.7 Å². The molecule has 5 heteroatoms. The van der Waals surface area contributed by atoms with E-state index in [1.165, 1.54) is 32.1 Å². The molecule has 5 nitrogen and oxygen atoms in total. The van der Waals surface area contributed by atoms with Crippen molar-refractivity contribution in [2.45, 2.75) is 38.5 Å². The van der Waals surface area contributed by atoms with Gasteiger partial charge in [-0.2, -0.15) is 0 Å². The maximum Gasteiger partial charge on any atom is 0.134 e. The van der Waals surface area contributed by atoms with Gasteiger partial charge in [-0.25, -0.2) is 0 Å². The van der Waals surface area contributed by atoms with Gasteiger partial charge < -0.3 is 10.3 Å². The van der Waals surface area contributed by atoms with Crippen molar-refractivity contribution in [3.63, 3.8) is 0 Å². The molecule has 0 saturated heterocycles. The highest BCUT2D eigenvalue weighted by Gasteiger charge is 2.16. The molecule has 1 saturated carbocycles. The average Bonchev–Trinajstić information content (AvgIpc) is 2.76. The van der Waals surface area contributed by atoms with E-state index < -0.39 is 0 Å². The highest BCUT2D eigenvalue weighted by Crippen LogP contribution is 2.23. The highest BCUT2D eigenvalue weighted by molar-refractivity contribution is 5.82. The van der Waals surface area contributed by atoms with E-state index in [-0.39, 0.29) is 0 Å². The molecule has 0 aliphatic heterocycles. The SMILES string of the molecule is Cn1cnnc1CCN=C(N)C1CCCCC1. The Morgan fingerprint density at radius 3 is 2.88 bits per heavy atom. The quantitative estimate of drug-likeness (QED) is 0.631. The molecular formula is C12H21N5. The number of hydrogen-bond donors (Lipinski definition) is 1. The van der Waals surface area contributed by atoms with Crippen LogP contribution in [0.2, 0.25) is 0 Å². The van der Waals surface area contributed by atoms with Gasteiger partial charge >= 0.3 is 0 Å². The Labute approximate surface area is 102 Å². The number of hydrogen-bond acceptors (Lipinski definition) is 3. The van der Waals surface area contributed by atoms with Crippen LogP contribution in [0.1, 0.15) is 37.9 Å². The summed E-state index contributed by atoms with van der Waals surface area (Å²) >= 11 is 0. The molecule has 1 fully saturated rings. The van der Waals surface area contributed by atoms with E-state index in [9.17, 15) is 0 Å². The first-order valence-corrected chi connectivity index (χ1v) is 6.40. The minimum absolute atomic E-state index is 0.517. The van der Waals surface area contributed by atoms with Gasteiger partial charge in [0.15, 0.2) is 0 Å². The number of aromatic nitrogens is 3. The van der Waals surface area contributed by atoms with Crippen LogP contribution in [0.5, 0.6) is 0 Å². The number of rotatable bonds is 4. The number of nitrogens with two attached hydrogens (primary N) is 1. The van der Waals surface area contributed by atoms with E-state index in [0.717, 1.165) is 24.6 Å². The maximum atomic E-state index is 6.03. The minimum Gasteiger partial charge on any atom is -0.387 e. The second kappa shape index (κ2) is 5.80. The summed E-state index contributed by atoms with van der Waals surface area (Å²) in [5.74, 6) is 2.32. The molecule has 0 unspecified atom stereocenters. The lowest BCUT2D eigenvalue weighted by atomic mass is 9.88. The van der Waals surface area contributed by atoms with Gasteiger partial charge in [-0.1, -0.05) is 19.3 Å². The molecule has 0 spiro atoms. The van der Waals surface area contributed by atoms with E-state index in [1.807, 2.05) is 11.6 Å². The Kier molecular flexibility index (Phi) is 4.12. The number of aliphatic imine (C=N–C) groups is 1. The topological polar surface area (TPSA) is 69.1 Å². The number of aryl methyl sites for hydroxylation is 1. The summed E-state index contributed by atoms with van der Waals surface area (Å²) in [4.78, 5) is 4.48. The first kappa shape index (κ1) is 12.1. The van der Waals surface area contributed by atoms with Crippen LogP contribution in [0, 0.1) is 5.92 Å². The minimum atomic E-state index is 0.517. The Balaban J connectivity index is 1.81. The van der Waals surface area contributed by atoms with Crippen molar-refractivity contribution in [3.8, 4) is 0 Å². The molecular weight excluding hydrogens is 214 g/mol. The summed E-state index contributed by atoms with van der Waals surface area (Å²) in [5.41, 5.74) is 6.03. The molecule has 0 aromatic carbocycles. The zero-order valence-electron chi connectivity index (χ0n) is 10.5.